The molecule has 0 radical (unpaired) electrons. The number of hydrogen-bond donors (Lipinski definition) is 1. The molecule has 1 fully saturated rings. The molecule has 2 N–H and O–H groups in total. The molecular weight excluding hydrogens is 266 g/mol. The average molecular weight is 287 g/mol. The molecule has 1 unspecified atom stereocenters. The first kappa shape index (κ1) is 13.9. The predicted molar refractivity (Wildman–Crippen MR) is 80.9 cm³/mol. The second kappa shape index (κ2) is 5.71. The molecule has 1 atom stereocenters. The van der Waals surface area contributed by atoms with E-state index in [1.54, 1.807) is 7.11 Å². The van der Waals surface area contributed by atoms with Gasteiger partial charge in [0.05, 0.1) is 18.8 Å². The third kappa shape index (κ3) is 2.57. The Hall–Kier alpha value is -2.11. The van der Waals surface area contributed by atoms with Crippen LogP contribution < -0.4 is 10.5 Å². The number of aromatic nitrogens is 4. The van der Waals surface area contributed by atoms with Gasteiger partial charge in [0, 0.05) is 5.56 Å². The van der Waals surface area contributed by atoms with E-state index in [2.05, 4.69) is 22.4 Å². The predicted octanol–water partition coefficient (Wildman–Crippen LogP) is 2.68. The van der Waals surface area contributed by atoms with Crippen LogP contribution in [0.5, 0.6) is 5.75 Å². The van der Waals surface area contributed by atoms with Crippen LogP contribution in [0.25, 0.3) is 11.4 Å². The Balaban J connectivity index is 1.93. The van der Waals surface area contributed by atoms with Gasteiger partial charge in [-0.3, -0.25) is 0 Å². The highest BCUT2D eigenvalue weighted by atomic mass is 16.5. The summed E-state index contributed by atoms with van der Waals surface area (Å²) in [5.74, 6) is 2.09. The van der Waals surface area contributed by atoms with Crippen molar-refractivity contribution in [3.8, 4) is 17.1 Å². The molecule has 112 valence electrons. The van der Waals surface area contributed by atoms with E-state index in [9.17, 15) is 0 Å². The van der Waals surface area contributed by atoms with E-state index in [-0.39, 0.29) is 0 Å². The molecule has 0 amide bonds. The first-order valence-electron chi connectivity index (χ1n) is 7.42. The fourth-order valence-corrected chi connectivity index (χ4v) is 3.17. The number of nitrogens with two attached hydrogens (primary N) is 1. The highest BCUT2D eigenvalue weighted by Crippen LogP contribution is 2.35. The van der Waals surface area contributed by atoms with E-state index < -0.39 is 0 Å². The van der Waals surface area contributed by atoms with Gasteiger partial charge in [0.25, 0.3) is 0 Å². The summed E-state index contributed by atoms with van der Waals surface area (Å²) in [6.45, 7) is 2.20. The van der Waals surface area contributed by atoms with Crippen LogP contribution in [-0.2, 0) is 0 Å². The molecule has 3 rings (SSSR count). The lowest BCUT2D eigenvalue weighted by Gasteiger charge is -2.20. The minimum Gasteiger partial charge on any atom is -0.495 e. The summed E-state index contributed by atoms with van der Waals surface area (Å²) in [7, 11) is 1.61. The van der Waals surface area contributed by atoms with Gasteiger partial charge in [-0.25, -0.2) is 4.68 Å². The molecule has 1 aromatic heterocycles. The molecule has 6 nitrogen and oxygen atoms in total. The van der Waals surface area contributed by atoms with Crippen LogP contribution in [-0.4, -0.2) is 27.3 Å². The lowest BCUT2D eigenvalue weighted by Crippen LogP contribution is -2.16. The van der Waals surface area contributed by atoms with Gasteiger partial charge < -0.3 is 10.5 Å². The third-order valence-corrected chi connectivity index (χ3v) is 4.45. The number of rotatable bonds is 4. The highest BCUT2D eigenvalue weighted by molar-refractivity contribution is 5.66. The monoisotopic (exact) mass is 287 g/mol. The van der Waals surface area contributed by atoms with Crippen LogP contribution in [0.4, 0.5) is 5.69 Å². The molecule has 1 heterocycles. The number of hydrogen-bond acceptors (Lipinski definition) is 5. The van der Waals surface area contributed by atoms with Crippen LogP contribution in [0.2, 0.25) is 0 Å². The number of anilines is 1. The Morgan fingerprint density at radius 1 is 1.33 bits per heavy atom. The third-order valence-electron chi connectivity index (χ3n) is 4.45. The van der Waals surface area contributed by atoms with E-state index in [0.29, 0.717) is 23.4 Å². The maximum absolute atomic E-state index is 5.98. The summed E-state index contributed by atoms with van der Waals surface area (Å²) < 4.78 is 7.12. The standard InChI is InChI=1S/C15H21N5O/c1-10(11-5-3-4-6-11)20-15(17-18-19-20)12-7-8-14(21-2)13(16)9-12/h7-11H,3-6,16H2,1-2H3. The van der Waals surface area contributed by atoms with Crippen LogP contribution in [0.1, 0.15) is 38.6 Å². The van der Waals surface area contributed by atoms with Gasteiger partial charge in [-0.15, -0.1) is 5.10 Å². The van der Waals surface area contributed by atoms with E-state index in [4.69, 9.17) is 10.5 Å². The smallest absolute Gasteiger partial charge is 0.182 e. The topological polar surface area (TPSA) is 78.9 Å². The van der Waals surface area contributed by atoms with E-state index in [0.717, 1.165) is 11.4 Å². The molecule has 6 heteroatoms. The Morgan fingerprint density at radius 3 is 2.76 bits per heavy atom. The minimum absolute atomic E-state index is 0.306. The van der Waals surface area contributed by atoms with Crippen LogP contribution in [0, 0.1) is 5.92 Å². The summed E-state index contributed by atoms with van der Waals surface area (Å²) in [5.41, 5.74) is 7.50. The maximum Gasteiger partial charge on any atom is 0.182 e. The molecule has 21 heavy (non-hydrogen) atoms. The second-order valence-corrected chi connectivity index (χ2v) is 5.69. The SMILES string of the molecule is COc1ccc(-c2nnnn2C(C)C2CCCC2)cc1N. The van der Waals surface area contributed by atoms with Crippen LogP contribution >= 0.6 is 0 Å². The summed E-state index contributed by atoms with van der Waals surface area (Å²) in [6.07, 6.45) is 5.13. The molecule has 0 saturated heterocycles. The maximum atomic E-state index is 5.98. The highest BCUT2D eigenvalue weighted by Gasteiger charge is 2.26. The van der Waals surface area contributed by atoms with E-state index in [1.807, 2.05) is 22.9 Å². The molecule has 2 aromatic rings. The van der Waals surface area contributed by atoms with Crippen LogP contribution in [0.15, 0.2) is 18.2 Å². The van der Waals surface area contributed by atoms with Crippen molar-refractivity contribution >= 4 is 5.69 Å². The van der Waals surface area contributed by atoms with Crippen LogP contribution in [0.3, 0.4) is 0 Å². The van der Waals surface area contributed by atoms with Crippen molar-refractivity contribution in [2.45, 2.75) is 38.6 Å². The molecular formula is C15H21N5O. The van der Waals surface area contributed by atoms with E-state index in [1.165, 1.54) is 25.7 Å². The van der Waals surface area contributed by atoms with Crippen molar-refractivity contribution < 1.29 is 4.74 Å². The largest absolute Gasteiger partial charge is 0.495 e. The van der Waals surface area contributed by atoms with Gasteiger partial charge in [-0.05, 0) is 54.3 Å². The quantitative estimate of drug-likeness (QED) is 0.875. The summed E-state index contributed by atoms with van der Waals surface area (Å²) in [5, 5.41) is 12.2. The Kier molecular flexibility index (Phi) is 3.77. The first-order chi connectivity index (χ1) is 10.2. The summed E-state index contributed by atoms with van der Waals surface area (Å²) in [6, 6.07) is 5.96. The minimum atomic E-state index is 0.306. The first-order valence-corrected chi connectivity index (χ1v) is 7.42. The lowest BCUT2D eigenvalue weighted by molar-refractivity contribution is 0.332. The number of tetrazole rings is 1. The molecule has 1 aromatic carbocycles. The normalized spacial score (nSPS) is 17.0. The fourth-order valence-electron chi connectivity index (χ4n) is 3.17. The zero-order valence-electron chi connectivity index (χ0n) is 12.5. The van der Waals surface area contributed by atoms with Gasteiger partial charge in [-0.2, -0.15) is 0 Å². The molecule has 1 aliphatic carbocycles. The number of nitrogens with zero attached hydrogens (tertiary/aromatic N) is 4. The number of nitrogen functional groups attached to an aromatic ring is 1. The molecule has 0 spiro atoms. The molecule has 1 saturated carbocycles. The van der Waals surface area contributed by atoms with Crippen molar-refractivity contribution in [1.29, 1.82) is 0 Å². The van der Waals surface area contributed by atoms with Gasteiger partial charge >= 0.3 is 0 Å². The van der Waals surface area contributed by atoms with Crippen molar-refractivity contribution in [2.75, 3.05) is 12.8 Å². The zero-order chi connectivity index (χ0) is 14.8. The van der Waals surface area contributed by atoms with Crippen molar-refractivity contribution in [3.05, 3.63) is 18.2 Å². The number of benzene rings is 1. The Labute approximate surface area is 124 Å². The average Bonchev–Trinajstić information content (AvgIpc) is 3.17. The van der Waals surface area contributed by atoms with Gasteiger partial charge in [0.15, 0.2) is 5.82 Å². The molecule has 0 bridgehead atoms. The van der Waals surface area contributed by atoms with Gasteiger partial charge in [-0.1, -0.05) is 12.8 Å². The van der Waals surface area contributed by atoms with Gasteiger partial charge in [0.2, 0.25) is 0 Å². The molecule has 0 aliphatic heterocycles. The van der Waals surface area contributed by atoms with Gasteiger partial charge in [0.1, 0.15) is 5.75 Å². The molecule has 1 aliphatic rings. The number of ether oxygens (including phenoxy) is 1. The van der Waals surface area contributed by atoms with Crippen molar-refractivity contribution in [1.82, 2.24) is 20.2 Å². The number of methoxy groups -OCH3 is 1. The van der Waals surface area contributed by atoms with Crippen molar-refractivity contribution in [3.63, 3.8) is 0 Å². The lowest BCUT2D eigenvalue weighted by atomic mass is 9.99. The Bertz CT molecular complexity index is 618. The Morgan fingerprint density at radius 2 is 2.10 bits per heavy atom. The fraction of sp³-hybridized carbons (Fsp3) is 0.533. The second-order valence-electron chi connectivity index (χ2n) is 5.69. The van der Waals surface area contributed by atoms with Crippen molar-refractivity contribution in [2.24, 2.45) is 5.92 Å². The van der Waals surface area contributed by atoms with E-state index >= 15 is 0 Å². The zero-order valence-corrected chi connectivity index (χ0v) is 12.5. The summed E-state index contributed by atoms with van der Waals surface area (Å²) >= 11 is 0. The summed E-state index contributed by atoms with van der Waals surface area (Å²) in [4.78, 5) is 0.